The molecule has 11 heteroatoms. The van der Waals surface area contributed by atoms with E-state index in [2.05, 4.69) is 5.32 Å². The second kappa shape index (κ2) is 15.6. The predicted octanol–water partition coefficient (Wildman–Crippen LogP) is 8.18. The number of hydrogen-bond acceptors (Lipinski definition) is 6. The van der Waals surface area contributed by atoms with E-state index in [1.54, 1.807) is 58.0 Å². The van der Waals surface area contributed by atoms with Gasteiger partial charge in [0.2, 0.25) is 5.54 Å². The van der Waals surface area contributed by atoms with Crippen LogP contribution in [0.5, 0.6) is 5.75 Å². The summed E-state index contributed by atoms with van der Waals surface area (Å²) in [5.41, 5.74) is 3.01. The molecule has 290 valence electrons. The highest BCUT2D eigenvalue weighted by Crippen LogP contribution is 2.49. The number of urea groups is 1. The van der Waals surface area contributed by atoms with E-state index in [1.165, 1.54) is 11.0 Å². The van der Waals surface area contributed by atoms with Gasteiger partial charge in [-0.3, -0.25) is 19.2 Å². The second-order valence-electron chi connectivity index (χ2n) is 16.4. The third kappa shape index (κ3) is 7.90. The number of hydrogen-bond donors (Lipinski definition) is 2. The van der Waals surface area contributed by atoms with E-state index in [0.717, 1.165) is 10.5 Å². The van der Waals surface area contributed by atoms with Crippen molar-refractivity contribution in [3.05, 3.63) is 95.1 Å². The smallest absolute Gasteiger partial charge is 0.329 e. The first-order valence-electron chi connectivity index (χ1n) is 18.5. The van der Waals surface area contributed by atoms with Crippen LogP contribution in [0.15, 0.2) is 72.8 Å². The first-order valence-corrected chi connectivity index (χ1v) is 18.9. The van der Waals surface area contributed by atoms with E-state index in [-0.39, 0.29) is 30.8 Å². The molecule has 0 radical (unpaired) electrons. The maximum absolute atomic E-state index is 15.6. The summed E-state index contributed by atoms with van der Waals surface area (Å²) >= 11 is 6.79. The van der Waals surface area contributed by atoms with Gasteiger partial charge < -0.3 is 20.7 Å². The summed E-state index contributed by atoms with van der Waals surface area (Å²) in [5, 5.41) is 0.908. The number of anilines is 1. The summed E-state index contributed by atoms with van der Waals surface area (Å²) < 4.78 is 6.40. The first kappa shape index (κ1) is 42.0. The minimum Gasteiger partial charge on any atom is -0.462 e. The van der Waals surface area contributed by atoms with E-state index < -0.39 is 56.4 Å². The Hall–Kier alpha value is -4.70. The second-order valence-corrected chi connectivity index (χ2v) is 17.0. The van der Waals surface area contributed by atoms with E-state index in [9.17, 15) is 14.4 Å². The molecule has 1 fully saturated rings. The predicted molar refractivity (Wildman–Crippen MR) is 212 cm³/mol. The van der Waals surface area contributed by atoms with Crippen LogP contribution in [0.4, 0.5) is 10.5 Å². The van der Waals surface area contributed by atoms with Crippen molar-refractivity contribution in [3.8, 4) is 5.75 Å². The summed E-state index contributed by atoms with van der Waals surface area (Å²) in [6.45, 7) is 18.3. The van der Waals surface area contributed by atoms with Crippen molar-refractivity contribution in [3.63, 3.8) is 0 Å². The minimum absolute atomic E-state index is 0.00841. The number of nitrogens with zero attached hydrogens (tertiary/aromatic N) is 2. The molecule has 5 amide bonds. The number of ketones is 1. The Kier molecular flexibility index (Phi) is 12.1. The third-order valence-corrected chi connectivity index (χ3v) is 11.3. The molecule has 2 unspecified atom stereocenters. The van der Waals surface area contributed by atoms with Crippen molar-refractivity contribution >= 4 is 46.8 Å². The molecular weight excluding hydrogens is 704 g/mol. The standard InChI is InChI=1S/C43H55ClN4O6/c1-11-40(7,8)30-24-32(41(9,10)12-2)33(54-42(44,13-3)36(45)51)25-31(30)43(35(50)39(4,5)6,37(52)46-29-22-18-15-19-23-29)48-34(49)27-47(38(48)53)26-28-20-16-14-17-21-28/h14-25H,11-13,26-27H2,1-10H3,(H2,45,51)(H,46,52). The molecule has 54 heavy (non-hydrogen) atoms. The summed E-state index contributed by atoms with van der Waals surface area (Å²) in [7, 11) is 0. The highest BCUT2D eigenvalue weighted by atomic mass is 35.5. The third-order valence-electron chi connectivity index (χ3n) is 10.8. The highest BCUT2D eigenvalue weighted by molar-refractivity contribution is 6.33. The molecule has 0 aromatic heterocycles. The Morgan fingerprint density at radius 2 is 1.31 bits per heavy atom. The molecule has 10 nitrogen and oxygen atoms in total. The van der Waals surface area contributed by atoms with Crippen LogP contribution in [0.3, 0.4) is 0 Å². The fraction of sp³-hybridized carbons (Fsp3) is 0.465. The normalized spacial score (nSPS) is 16.1. The van der Waals surface area contributed by atoms with Gasteiger partial charge in [-0.05, 0) is 53.0 Å². The van der Waals surface area contributed by atoms with E-state index >= 15 is 9.59 Å². The SMILES string of the molecule is CCC(Cl)(Oc1cc(C(C(=O)Nc2ccccc2)(C(=O)C(C)(C)C)N2C(=O)CN(Cc3ccccc3)C2=O)c(C(C)(C)CC)cc1C(C)(C)CC)C(N)=O. The zero-order valence-electron chi connectivity index (χ0n) is 33.3. The summed E-state index contributed by atoms with van der Waals surface area (Å²) in [6, 6.07) is 20.3. The van der Waals surface area contributed by atoms with Gasteiger partial charge in [0.1, 0.15) is 12.3 Å². The molecule has 2 atom stereocenters. The number of amides is 5. The highest BCUT2D eigenvalue weighted by Gasteiger charge is 2.63. The molecule has 1 aliphatic rings. The van der Waals surface area contributed by atoms with Crippen LogP contribution < -0.4 is 15.8 Å². The number of nitrogens with one attached hydrogen (secondary N) is 1. The van der Waals surface area contributed by atoms with Crippen molar-refractivity contribution in [2.75, 3.05) is 11.9 Å². The van der Waals surface area contributed by atoms with Gasteiger partial charge in [-0.1, -0.05) is 135 Å². The molecule has 0 bridgehead atoms. The number of Topliss-reactive ketones (excluding diaryl/α,β-unsaturated/α-hetero) is 1. The van der Waals surface area contributed by atoms with Crippen LogP contribution in [0.25, 0.3) is 0 Å². The Bertz CT molecular complexity index is 1910. The number of carbonyl (C=O) groups is 5. The molecule has 0 aliphatic carbocycles. The fourth-order valence-electron chi connectivity index (χ4n) is 6.67. The Labute approximate surface area is 324 Å². The number of alkyl halides is 1. The lowest BCUT2D eigenvalue weighted by Crippen LogP contribution is -2.64. The number of primary amides is 1. The van der Waals surface area contributed by atoms with Crippen LogP contribution in [0.1, 0.15) is 111 Å². The van der Waals surface area contributed by atoms with Gasteiger partial charge in [0.05, 0.1) is 0 Å². The van der Waals surface area contributed by atoms with Crippen molar-refractivity contribution in [1.82, 2.24) is 9.80 Å². The van der Waals surface area contributed by atoms with Crippen LogP contribution >= 0.6 is 11.6 Å². The quantitative estimate of drug-likeness (QED) is 0.0911. The van der Waals surface area contributed by atoms with E-state index in [4.69, 9.17) is 22.1 Å². The molecule has 0 spiro atoms. The van der Waals surface area contributed by atoms with Crippen LogP contribution in [-0.4, -0.2) is 50.9 Å². The molecule has 1 heterocycles. The lowest BCUT2D eigenvalue weighted by Gasteiger charge is -2.44. The Morgan fingerprint density at radius 1 is 0.778 bits per heavy atom. The average Bonchev–Trinajstić information content (AvgIpc) is 3.40. The average molecular weight is 759 g/mol. The van der Waals surface area contributed by atoms with E-state index in [1.807, 2.05) is 77.9 Å². The number of imide groups is 1. The zero-order valence-corrected chi connectivity index (χ0v) is 34.0. The summed E-state index contributed by atoms with van der Waals surface area (Å²) in [4.78, 5) is 75.5. The number of nitrogens with two attached hydrogens (primary N) is 1. The number of carbonyl (C=O) groups excluding carboxylic acids is 5. The monoisotopic (exact) mass is 758 g/mol. The van der Waals surface area contributed by atoms with Crippen LogP contribution in [0, 0.1) is 5.41 Å². The Balaban J connectivity index is 2.24. The van der Waals surface area contributed by atoms with Crippen molar-refractivity contribution in [1.29, 1.82) is 0 Å². The van der Waals surface area contributed by atoms with Crippen LogP contribution in [-0.2, 0) is 42.1 Å². The topological polar surface area (TPSA) is 139 Å². The van der Waals surface area contributed by atoms with E-state index in [0.29, 0.717) is 29.7 Å². The number of benzene rings is 3. The molecular formula is C43H55ClN4O6. The summed E-state index contributed by atoms with van der Waals surface area (Å²) in [5.74, 6) is -3.15. The van der Waals surface area contributed by atoms with Crippen LogP contribution in [0.2, 0.25) is 0 Å². The Morgan fingerprint density at radius 3 is 1.81 bits per heavy atom. The number of rotatable bonds is 15. The molecule has 1 aliphatic heterocycles. The van der Waals surface area contributed by atoms with Crippen molar-refractivity contribution in [2.24, 2.45) is 11.1 Å². The van der Waals surface area contributed by atoms with Gasteiger partial charge >= 0.3 is 6.03 Å². The van der Waals surface area contributed by atoms with Gasteiger partial charge in [-0.25, -0.2) is 9.69 Å². The lowest BCUT2D eigenvalue weighted by molar-refractivity contribution is -0.152. The van der Waals surface area contributed by atoms with Gasteiger partial charge in [0.25, 0.3) is 22.8 Å². The van der Waals surface area contributed by atoms with Crippen molar-refractivity contribution in [2.45, 2.75) is 116 Å². The van der Waals surface area contributed by atoms with Gasteiger partial charge in [0, 0.05) is 35.2 Å². The zero-order chi connectivity index (χ0) is 40.4. The number of ether oxygens (including phenoxy) is 1. The molecule has 3 aromatic rings. The number of halogens is 1. The molecule has 0 saturated carbocycles. The molecule has 3 aromatic carbocycles. The molecule has 4 rings (SSSR count). The maximum Gasteiger partial charge on any atom is 0.329 e. The maximum atomic E-state index is 15.6. The van der Waals surface area contributed by atoms with Gasteiger partial charge in [0.15, 0.2) is 5.78 Å². The lowest BCUT2D eigenvalue weighted by atomic mass is 9.66. The van der Waals surface area contributed by atoms with Gasteiger partial charge in [-0.15, -0.1) is 0 Å². The van der Waals surface area contributed by atoms with Crippen molar-refractivity contribution < 1.29 is 28.7 Å². The molecule has 3 N–H and O–H groups in total. The van der Waals surface area contributed by atoms with Gasteiger partial charge in [-0.2, -0.15) is 0 Å². The molecule has 1 saturated heterocycles. The summed E-state index contributed by atoms with van der Waals surface area (Å²) in [6.07, 6.45) is 1.17. The first-order chi connectivity index (χ1) is 25.1. The fourth-order valence-corrected chi connectivity index (χ4v) is 6.75. The number of para-hydroxylation sites is 1. The minimum atomic E-state index is -2.57. The largest absolute Gasteiger partial charge is 0.462 e.